The van der Waals surface area contributed by atoms with E-state index in [1.54, 1.807) is 6.07 Å². The quantitative estimate of drug-likeness (QED) is 0.283. The van der Waals surface area contributed by atoms with Gasteiger partial charge >= 0.3 is 0 Å². The average molecular weight is 508 g/mol. The minimum atomic E-state index is -0.274. The van der Waals surface area contributed by atoms with E-state index in [9.17, 15) is 4.79 Å². The molecule has 0 radical (unpaired) electrons. The lowest BCUT2D eigenvalue weighted by molar-refractivity contribution is 0.0919. The molecule has 2 rings (SSSR count). The van der Waals surface area contributed by atoms with Crippen LogP contribution in [0.3, 0.4) is 0 Å². The minimum absolute atomic E-state index is 0. The standard InChI is InChI=1S/C23H32N4O.HI/c1-6-16(2)18-10-12-20(13-11-18)26-22(24)25-15-17-8-7-9-19(14-17)21(28)27-23(3,4)5;/h7-14,16H,6,15H2,1-5H3,(H,27,28)(H3,24,25,26);1H. The second-order valence-corrected chi connectivity index (χ2v) is 8.16. The van der Waals surface area contributed by atoms with Gasteiger partial charge < -0.3 is 16.4 Å². The molecule has 5 nitrogen and oxygen atoms in total. The van der Waals surface area contributed by atoms with Crippen molar-refractivity contribution < 1.29 is 4.79 Å². The average Bonchev–Trinajstić information content (AvgIpc) is 2.65. The van der Waals surface area contributed by atoms with E-state index in [0.717, 1.165) is 17.7 Å². The highest BCUT2D eigenvalue weighted by molar-refractivity contribution is 14.0. The van der Waals surface area contributed by atoms with Gasteiger partial charge in [0.15, 0.2) is 5.96 Å². The maximum atomic E-state index is 12.3. The molecule has 6 heteroatoms. The normalized spacial score (nSPS) is 12.7. The van der Waals surface area contributed by atoms with Gasteiger partial charge in [-0.05, 0) is 68.5 Å². The van der Waals surface area contributed by atoms with Crippen molar-refractivity contribution in [2.75, 3.05) is 5.32 Å². The highest BCUT2D eigenvalue weighted by Gasteiger charge is 2.15. The Morgan fingerprint density at radius 2 is 1.79 bits per heavy atom. The van der Waals surface area contributed by atoms with E-state index < -0.39 is 0 Å². The number of hydrogen-bond acceptors (Lipinski definition) is 2. The maximum Gasteiger partial charge on any atom is 0.251 e. The summed E-state index contributed by atoms with van der Waals surface area (Å²) in [5.74, 6) is 0.800. The predicted octanol–water partition coefficient (Wildman–Crippen LogP) is 5.27. The fraction of sp³-hybridized carbons (Fsp3) is 0.391. The van der Waals surface area contributed by atoms with Crippen LogP contribution >= 0.6 is 24.0 Å². The van der Waals surface area contributed by atoms with Gasteiger partial charge in [0.2, 0.25) is 0 Å². The molecule has 0 aliphatic carbocycles. The Morgan fingerprint density at radius 3 is 2.38 bits per heavy atom. The first kappa shape index (κ1) is 24.9. The van der Waals surface area contributed by atoms with Crippen molar-refractivity contribution in [2.24, 2.45) is 10.7 Å². The predicted molar refractivity (Wildman–Crippen MR) is 133 cm³/mol. The van der Waals surface area contributed by atoms with Crippen LogP contribution in [0.25, 0.3) is 0 Å². The van der Waals surface area contributed by atoms with Crippen LogP contribution < -0.4 is 16.4 Å². The zero-order chi connectivity index (χ0) is 20.7. The van der Waals surface area contributed by atoms with Crippen LogP contribution in [0, 0.1) is 0 Å². The molecule has 0 saturated heterocycles. The number of guanidine groups is 1. The van der Waals surface area contributed by atoms with Crippen molar-refractivity contribution in [3.63, 3.8) is 0 Å². The third-order valence-electron chi connectivity index (χ3n) is 4.47. The topological polar surface area (TPSA) is 79.5 Å². The number of rotatable bonds is 6. The number of amides is 1. The summed E-state index contributed by atoms with van der Waals surface area (Å²) in [6, 6.07) is 15.7. The first-order chi connectivity index (χ1) is 13.2. The van der Waals surface area contributed by atoms with Crippen molar-refractivity contribution in [1.82, 2.24) is 5.32 Å². The summed E-state index contributed by atoms with van der Waals surface area (Å²) in [6.07, 6.45) is 1.11. The molecule has 2 aromatic rings. The van der Waals surface area contributed by atoms with Gasteiger partial charge in [-0.3, -0.25) is 4.79 Å². The SMILES string of the molecule is CCC(C)c1ccc(NC(N)=NCc2cccc(C(=O)NC(C)(C)C)c2)cc1.I. The number of nitrogens with two attached hydrogens (primary N) is 1. The van der Waals surface area contributed by atoms with Crippen LogP contribution in [0.1, 0.15) is 68.4 Å². The van der Waals surface area contributed by atoms with E-state index in [4.69, 9.17) is 5.73 Å². The van der Waals surface area contributed by atoms with Crippen LogP contribution in [0.4, 0.5) is 5.69 Å². The Balaban J connectivity index is 0.00000420. The number of aliphatic imine (C=N–C) groups is 1. The molecule has 0 heterocycles. The fourth-order valence-electron chi connectivity index (χ4n) is 2.72. The Bertz CT molecular complexity index is 826. The number of nitrogens with one attached hydrogen (secondary N) is 2. The molecule has 0 aliphatic rings. The Kier molecular flexibility index (Phi) is 9.62. The summed E-state index contributed by atoms with van der Waals surface area (Å²) >= 11 is 0. The number of nitrogens with zero attached hydrogens (tertiary/aromatic N) is 1. The number of anilines is 1. The van der Waals surface area contributed by atoms with Crippen molar-refractivity contribution >= 4 is 41.5 Å². The Morgan fingerprint density at radius 1 is 1.14 bits per heavy atom. The number of hydrogen-bond donors (Lipinski definition) is 3. The molecule has 2 aromatic carbocycles. The van der Waals surface area contributed by atoms with E-state index in [0.29, 0.717) is 24.0 Å². The lowest BCUT2D eigenvalue weighted by Gasteiger charge is -2.20. The molecule has 0 fully saturated rings. The molecule has 1 atom stereocenters. The van der Waals surface area contributed by atoms with Crippen LogP contribution in [-0.2, 0) is 6.54 Å². The van der Waals surface area contributed by atoms with Crippen LogP contribution in [0.5, 0.6) is 0 Å². The van der Waals surface area contributed by atoms with E-state index >= 15 is 0 Å². The van der Waals surface area contributed by atoms with Gasteiger partial charge in [-0.1, -0.05) is 38.1 Å². The number of carbonyl (C=O) groups is 1. The van der Waals surface area contributed by atoms with Crippen LogP contribution in [0.15, 0.2) is 53.5 Å². The van der Waals surface area contributed by atoms with Gasteiger partial charge in [-0.15, -0.1) is 24.0 Å². The van der Waals surface area contributed by atoms with Gasteiger partial charge in [0, 0.05) is 16.8 Å². The third-order valence-corrected chi connectivity index (χ3v) is 4.47. The second-order valence-electron chi connectivity index (χ2n) is 8.16. The molecule has 0 saturated carbocycles. The zero-order valence-corrected chi connectivity index (χ0v) is 20.3. The molecular formula is C23H33IN4O. The number of carbonyl (C=O) groups excluding carboxylic acids is 1. The Labute approximate surface area is 191 Å². The lowest BCUT2D eigenvalue weighted by Crippen LogP contribution is -2.40. The molecule has 0 aromatic heterocycles. The van der Waals surface area contributed by atoms with Crippen molar-refractivity contribution in [1.29, 1.82) is 0 Å². The maximum absolute atomic E-state index is 12.3. The molecule has 0 bridgehead atoms. The molecule has 29 heavy (non-hydrogen) atoms. The fourth-order valence-corrected chi connectivity index (χ4v) is 2.72. The molecule has 1 amide bonds. The lowest BCUT2D eigenvalue weighted by atomic mass is 9.99. The monoisotopic (exact) mass is 508 g/mol. The van der Waals surface area contributed by atoms with Gasteiger partial charge in [0.1, 0.15) is 0 Å². The van der Waals surface area contributed by atoms with Gasteiger partial charge in [-0.2, -0.15) is 0 Å². The summed E-state index contributed by atoms with van der Waals surface area (Å²) < 4.78 is 0. The van der Waals surface area contributed by atoms with Crippen molar-refractivity contribution in [2.45, 2.75) is 59.0 Å². The summed E-state index contributed by atoms with van der Waals surface area (Å²) in [4.78, 5) is 16.7. The van der Waals surface area contributed by atoms with Crippen LogP contribution in [-0.4, -0.2) is 17.4 Å². The summed E-state index contributed by atoms with van der Waals surface area (Å²) in [7, 11) is 0. The minimum Gasteiger partial charge on any atom is -0.370 e. The number of benzene rings is 2. The highest BCUT2D eigenvalue weighted by atomic mass is 127. The van der Waals surface area contributed by atoms with E-state index in [1.165, 1.54) is 5.56 Å². The smallest absolute Gasteiger partial charge is 0.251 e. The van der Waals surface area contributed by atoms with Gasteiger partial charge in [0.05, 0.1) is 6.54 Å². The first-order valence-corrected chi connectivity index (χ1v) is 9.76. The van der Waals surface area contributed by atoms with Gasteiger partial charge in [-0.25, -0.2) is 4.99 Å². The van der Waals surface area contributed by atoms with E-state index in [-0.39, 0.29) is 35.4 Å². The third kappa shape index (κ3) is 8.43. The highest BCUT2D eigenvalue weighted by Crippen LogP contribution is 2.20. The second kappa shape index (κ2) is 11.2. The molecule has 158 valence electrons. The molecule has 0 spiro atoms. The van der Waals surface area contributed by atoms with E-state index in [1.807, 2.05) is 51.1 Å². The summed E-state index contributed by atoms with van der Waals surface area (Å²) in [5.41, 5.74) is 9.52. The molecule has 4 N–H and O–H groups in total. The zero-order valence-electron chi connectivity index (χ0n) is 18.0. The molecule has 1 unspecified atom stereocenters. The Hall–Kier alpha value is -2.09. The van der Waals surface area contributed by atoms with Crippen molar-refractivity contribution in [3.05, 3.63) is 65.2 Å². The molecular weight excluding hydrogens is 475 g/mol. The first-order valence-electron chi connectivity index (χ1n) is 9.76. The summed E-state index contributed by atoms with van der Waals surface area (Å²) in [6.45, 7) is 10.7. The van der Waals surface area contributed by atoms with Crippen molar-refractivity contribution in [3.8, 4) is 0 Å². The van der Waals surface area contributed by atoms with Crippen LogP contribution in [0.2, 0.25) is 0 Å². The van der Waals surface area contributed by atoms with Gasteiger partial charge in [0.25, 0.3) is 5.91 Å². The summed E-state index contributed by atoms with van der Waals surface area (Å²) in [5, 5.41) is 6.08. The molecule has 0 aliphatic heterocycles. The number of halogens is 1. The van der Waals surface area contributed by atoms with E-state index in [2.05, 4.69) is 41.6 Å². The largest absolute Gasteiger partial charge is 0.370 e.